The van der Waals surface area contributed by atoms with Crippen molar-refractivity contribution in [3.8, 4) is 0 Å². The molecule has 2 unspecified atom stereocenters. The van der Waals surface area contributed by atoms with Gasteiger partial charge in [0.1, 0.15) is 11.0 Å². The third-order valence-corrected chi connectivity index (χ3v) is 6.36. The second-order valence-electron chi connectivity index (χ2n) is 5.43. The predicted octanol–water partition coefficient (Wildman–Crippen LogP) is 0.729. The van der Waals surface area contributed by atoms with Crippen molar-refractivity contribution in [2.24, 2.45) is 10.1 Å². The number of aliphatic hydroxyl groups is 1. The number of rotatable bonds is 4. The first-order chi connectivity index (χ1) is 11.5. The first kappa shape index (κ1) is 20.0. The molecule has 1 aromatic carbocycles. The highest BCUT2D eigenvalue weighted by Crippen LogP contribution is 2.42. The summed E-state index contributed by atoms with van der Waals surface area (Å²) in [7, 11) is -0.829. The molecule has 25 heavy (non-hydrogen) atoms. The molecule has 0 radical (unpaired) electrons. The van der Waals surface area contributed by atoms with Crippen LogP contribution >= 0.6 is 23.4 Å². The summed E-state index contributed by atoms with van der Waals surface area (Å²) in [6.45, 7) is 1.28. The third kappa shape index (κ3) is 3.77. The molecule has 1 heterocycles. The topological polar surface area (TPSA) is 122 Å². The number of sulfonamides is 1. The Labute approximate surface area is 155 Å². The lowest BCUT2D eigenvalue weighted by molar-refractivity contribution is -0.180. The van der Waals surface area contributed by atoms with Gasteiger partial charge in [0.05, 0.1) is 10.8 Å². The van der Waals surface area contributed by atoms with E-state index < -0.39 is 27.8 Å². The zero-order valence-electron chi connectivity index (χ0n) is 13.8. The Hall–Kier alpha value is -1.33. The molecule has 138 valence electrons. The van der Waals surface area contributed by atoms with Gasteiger partial charge in [0.25, 0.3) is 0 Å². The SMILES string of the molecule is CN=C1SCC(OC(=O)C(C)O)(c2ccc(Cl)c(S(N)(=O)=O)c2)N1C. The largest absolute Gasteiger partial charge is 0.432 e. The summed E-state index contributed by atoms with van der Waals surface area (Å²) in [6.07, 6.45) is -1.34. The Morgan fingerprint density at radius 2 is 2.20 bits per heavy atom. The monoisotopic (exact) mass is 407 g/mol. The highest BCUT2D eigenvalue weighted by atomic mass is 35.5. The second-order valence-corrected chi connectivity index (χ2v) is 8.31. The average molecular weight is 408 g/mol. The van der Waals surface area contributed by atoms with Crippen LogP contribution in [-0.4, -0.2) is 55.5 Å². The van der Waals surface area contributed by atoms with Crippen LogP contribution in [0.2, 0.25) is 5.02 Å². The van der Waals surface area contributed by atoms with E-state index in [4.69, 9.17) is 21.5 Å². The van der Waals surface area contributed by atoms with Gasteiger partial charge in [-0.15, -0.1) is 0 Å². The zero-order chi connectivity index (χ0) is 19.0. The standard InChI is InChI=1S/C14H18ClN3O5S2/c1-8(19)12(20)23-14(7-24-13(17-2)18(14)3)9-4-5-10(15)11(6-9)25(16,21)22/h4-6,8,19H,7H2,1-3H3,(H2,16,21,22). The van der Waals surface area contributed by atoms with E-state index in [1.165, 1.54) is 30.8 Å². The van der Waals surface area contributed by atoms with Crippen molar-refractivity contribution in [1.29, 1.82) is 0 Å². The molecule has 1 fully saturated rings. The number of thioether (sulfide) groups is 1. The quantitative estimate of drug-likeness (QED) is 0.705. The molecule has 0 spiro atoms. The normalized spacial score (nSPS) is 23.8. The maximum absolute atomic E-state index is 12.0. The van der Waals surface area contributed by atoms with Crippen molar-refractivity contribution in [3.63, 3.8) is 0 Å². The maximum atomic E-state index is 12.0. The van der Waals surface area contributed by atoms with Gasteiger partial charge >= 0.3 is 5.97 Å². The molecule has 1 saturated heterocycles. The zero-order valence-corrected chi connectivity index (χ0v) is 16.2. The Bertz CT molecular complexity index is 828. The molecule has 2 rings (SSSR count). The molecule has 2 atom stereocenters. The highest BCUT2D eigenvalue weighted by molar-refractivity contribution is 8.14. The van der Waals surface area contributed by atoms with Crippen LogP contribution in [0, 0.1) is 0 Å². The predicted molar refractivity (Wildman–Crippen MR) is 95.9 cm³/mol. The van der Waals surface area contributed by atoms with Gasteiger partial charge in [-0.05, 0) is 19.1 Å². The van der Waals surface area contributed by atoms with Gasteiger partial charge < -0.3 is 14.7 Å². The minimum Gasteiger partial charge on any atom is -0.432 e. The van der Waals surface area contributed by atoms with Crippen LogP contribution in [0.4, 0.5) is 0 Å². The first-order valence-corrected chi connectivity index (χ1v) is 10.0. The molecule has 0 aromatic heterocycles. The number of amidine groups is 1. The van der Waals surface area contributed by atoms with Gasteiger partial charge in [0, 0.05) is 19.7 Å². The van der Waals surface area contributed by atoms with Crippen LogP contribution in [0.15, 0.2) is 28.1 Å². The van der Waals surface area contributed by atoms with Gasteiger partial charge in [0.15, 0.2) is 5.17 Å². The molecule has 0 bridgehead atoms. The number of aliphatic hydroxyl groups excluding tert-OH is 1. The fourth-order valence-electron chi connectivity index (χ4n) is 2.37. The number of carbonyl (C=O) groups excluding carboxylic acids is 1. The van der Waals surface area contributed by atoms with E-state index >= 15 is 0 Å². The Balaban J connectivity index is 2.64. The minimum absolute atomic E-state index is 0.0408. The minimum atomic E-state index is -4.07. The molecular weight excluding hydrogens is 390 g/mol. The van der Waals surface area contributed by atoms with Gasteiger partial charge in [-0.1, -0.05) is 29.4 Å². The number of ether oxygens (including phenoxy) is 1. The van der Waals surface area contributed by atoms with E-state index in [9.17, 15) is 18.3 Å². The Kier molecular flexibility index (Phi) is 5.69. The first-order valence-electron chi connectivity index (χ1n) is 7.10. The fourth-order valence-corrected chi connectivity index (χ4v) is 4.66. The van der Waals surface area contributed by atoms with E-state index in [0.717, 1.165) is 0 Å². The summed E-state index contributed by atoms with van der Waals surface area (Å²) in [6, 6.07) is 4.18. The van der Waals surface area contributed by atoms with Crippen LogP contribution < -0.4 is 5.14 Å². The van der Waals surface area contributed by atoms with Crippen molar-refractivity contribution in [3.05, 3.63) is 28.8 Å². The molecule has 1 aromatic rings. The van der Waals surface area contributed by atoms with Crippen LogP contribution in [-0.2, 0) is 25.3 Å². The number of nitrogens with two attached hydrogens (primary N) is 1. The number of primary sulfonamides is 1. The van der Waals surface area contributed by atoms with Crippen molar-refractivity contribution >= 4 is 44.5 Å². The summed E-state index contributed by atoms with van der Waals surface area (Å²) in [5.41, 5.74) is -0.999. The fraction of sp³-hybridized carbons (Fsp3) is 0.429. The van der Waals surface area contributed by atoms with E-state index in [2.05, 4.69) is 4.99 Å². The van der Waals surface area contributed by atoms with E-state index in [1.54, 1.807) is 25.1 Å². The molecule has 0 aliphatic carbocycles. The van der Waals surface area contributed by atoms with E-state index in [1.807, 2.05) is 0 Å². The molecule has 0 amide bonds. The average Bonchev–Trinajstić information content (AvgIpc) is 2.83. The smallest absolute Gasteiger partial charge is 0.337 e. The summed E-state index contributed by atoms with van der Waals surface area (Å²) in [5, 5.41) is 15.3. The number of nitrogens with zero attached hydrogens (tertiary/aromatic N) is 2. The highest BCUT2D eigenvalue weighted by Gasteiger charge is 2.48. The van der Waals surface area contributed by atoms with Crippen LogP contribution in [0.25, 0.3) is 0 Å². The number of halogens is 1. The number of esters is 1. The van der Waals surface area contributed by atoms with Gasteiger partial charge in [-0.3, -0.25) is 4.99 Å². The van der Waals surface area contributed by atoms with E-state index in [-0.39, 0.29) is 15.7 Å². The number of hydrogen-bond acceptors (Lipinski definition) is 7. The Morgan fingerprint density at radius 1 is 1.56 bits per heavy atom. The molecule has 0 saturated carbocycles. The van der Waals surface area contributed by atoms with Crippen LogP contribution in [0.5, 0.6) is 0 Å². The lowest BCUT2D eigenvalue weighted by Gasteiger charge is -2.36. The molecule has 11 heteroatoms. The van der Waals surface area contributed by atoms with Gasteiger partial charge in [0.2, 0.25) is 15.7 Å². The number of benzene rings is 1. The maximum Gasteiger partial charge on any atom is 0.337 e. The lowest BCUT2D eigenvalue weighted by Crippen LogP contribution is -2.47. The van der Waals surface area contributed by atoms with Crippen molar-refractivity contribution < 1.29 is 23.1 Å². The summed E-state index contributed by atoms with van der Waals surface area (Å²) < 4.78 is 29.1. The summed E-state index contributed by atoms with van der Waals surface area (Å²) in [5.74, 6) is -0.600. The Morgan fingerprint density at radius 3 is 2.68 bits per heavy atom. The molecule has 8 nitrogen and oxygen atoms in total. The van der Waals surface area contributed by atoms with Crippen LogP contribution in [0.1, 0.15) is 12.5 Å². The second kappa shape index (κ2) is 7.12. The van der Waals surface area contributed by atoms with Crippen molar-refractivity contribution in [2.45, 2.75) is 23.6 Å². The van der Waals surface area contributed by atoms with Gasteiger partial charge in [-0.25, -0.2) is 18.4 Å². The van der Waals surface area contributed by atoms with Crippen LogP contribution in [0.3, 0.4) is 0 Å². The molecule has 1 aliphatic rings. The lowest BCUT2D eigenvalue weighted by atomic mass is 10.0. The summed E-state index contributed by atoms with van der Waals surface area (Å²) >= 11 is 7.26. The summed E-state index contributed by atoms with van der Waals surface area (Å²) in [4.78, 5) is 17.5. The van der Waals surface area contributed by atoms with E-state index in [0.29, 0.717) is 10.7 Å². The van der Waals surface area contributed by atoms with Gasteiger partial charge in [-0.2, -0.15) is 0 Å². The third-order valence-electron chi connectivity index (χ3n) is 3.72. The number of hydrogen-bond donors (Lipinski definition) is 2. The van der Waals surface area contributed by atoms with Crippen molar-refractivity contribution in [2.75, 3.05) is 19.8 Å². The molecule has 1 aliphatic heterocycles. The number of carbonyl (C=O) groups is 1. The molecular formula is C14H18ClN3O5S2. The number of aliphatic imine (C=N–C) groups is 1. The van der Waals surface area contributed by atoms with Crippen molar-refractivity contribution in [1.82, 2.24) is 4.90 Å². The molecule has 3 N–H and O–H groups in total.